The lowest BCUT2D eigenvalue weighted by molar-refractivity contribution is -0.125. The van der Waals surface area contributed by atoms with Gasteiger partial charge in [0.05, 0.1) is 16.8 Å². The van der Waals surface area contributed by atoms with Gasteiger partial charge in [0.15, 0.2) is 5.70 Å². The molecule has 0 fully saturated rings. The molecule has 0 saturated heterocycles. The van der Waals surface area contributed by atoms with Crippen LogP contribution in [-0.2, 0) is 4.79 Å². The molecular weight excluding hydrogens is 348 g/mol. The van der Waals surface area contributed by atoms with Crippen molar-refractivity contribution in [3.05, 3.63) is 40.8 Å². The first-order valence-electron chi connectivity index (χ1n) is 8.78. The Morgan fingerprint density at radius 1 is 1.19 bits per heavy atom. The minimum atomic E-state index is -0.521. The second-order valence-electron chi connectivity index (χ2n) is 6.48. The van der Waals surface area contributed by atoms with Crippen LogP contribution in [0.5, 0.6) is 0 Å². The van der Waals surface area contributed by atoms with Crippen molar-refractivity contribution in [2.24, 2.45) is 10.2 Å². The molecule has 8 nitrogen and oxygen atoms in total. The molecule has 0 aliphatic carbocycles. The van der Waals surface area contributed by atoms with Gasteiger partial charge in [0.25, 0.3) is 17.7 Å². The molecule has 0 saturated carbocycles. The van der Waals surface area contributed by atoms with E-state index in [1.165, 1.54) is 30.8 Å². The number of carbonyl (C=O) groups excluding carboxylic acids is 3. The number of aliphatic hydroxyl groups excluding tert-OH is 1. The van der Waals surface area contributed by atoms with Crippen molar-refractivity contribution in [2.75, 3.05) is 14.1 Å². The maximum atomic E-state index is 12.9. The number of carbonyl (C=O) groups is 3. The van der Waals surface area contributed by atoms with Gasteiger partial charge in [-0.25, -0.2) is 0 Å². The predicted molar refractivity (Wildman–Crippen MR) is 99.9 cm³/mol. The average molecular weight is 372 g/mol. The van der Waals surface area contributed by atoms with Gasteiger partial charge in [-0.1, -0.05) is 19.9 Å². The van der Waals surface area contributed by atoms with Gasteiger partial charge in [0.1, 0.15) is 5.76 Å². The Kier molecular flexibility index (Phi) is 6.09. The molecule has 0 unspecified atom stereocenters. The molecule has 144 valence electrons. The van der Waals surface area contributed by atoms with Crippen LogP contribution in [-0.4, -0.2) is 52.8 Å². The minimum absolute atomic E-state index is 0.172. The van der Waals surface area contributed by atoms with Crippen molar-refractivity contribution in [1.29, 1.82) is 0 Å². The van der Waals surface area contributed by atoms with Crippen molar-refractivity contribution in [3.8, 4) is 0 Å². The van der Waals surface area contributed by atoms with Crippen LogP contribution in [0.2, 0.25) is 0 Å². The minimum Gasteiger partial charge on any atom is -0.510 e. The topological polar surface area (TPSA) is 103 Å². The molecule has 2 rings (SSSR count). The van der Waals surface area contributed by atoms with E-state index < -0.39 is 11.8 Å². The number of hydrogen-bond acceptors (Lipinski definition) is 6. The van der Waals surface area contributed by atoms with E-state index in [2.05, 4.69) is 10.2 Å². The summed E-state index contributed by atoms with van der Waals surface area (Å²) in [6.45, 7) is 5.17. The number of rotatable bonds is 6. The van der Waals surface area contributed by atoms with Gasteiger partial charge in [-0.3, -0.25) is 19.3 Å². The third-order valence-corrected chi connectivity index (χ3v) is 4.44. The second kappa shape index (κ2) is 8.11. The monoisotopic (exact) mass is 372 g/mol. The molecule has 27 heavy (non-hydrogen) atoms. The number of azo groups is 1. The molecule has 0 atom stereocenters. The molecule has 0 spiro atoms. The van der Waals surface area contributed by atoms with Crippen molar-refractivity contribution < 1.29 is 19.5 Å². The molecule has 3 amide bonds. The van der Waals surface area contributed by atoms with Crippen molar-refractivity contribution >= 4 is 23.4 Å². The fourth-order valence-electron chi connectivity index (χ4n) is 2.94. The van der Waals surface area contributed by atoms with Gasteiger partial charge < -0.3 is 10.0 Å². The largest absolute Gasteiger partial charge is 0.510 e. The van der Waals surface area contributed by atoms with Gasteiger partial charge in [-0.2, -0.15) is 0 Å². The Bertz CT molecular complexity index is 834. The number of likely N-dealkylation sites (N-methyl/N-ethyl adjacent to an activating group) is 1. The summed E-state index contributed by atoms with van der Waals surface area (Å²) in [6.07, 6.45) is 1.32. The zero-order valence-electron chi connectivity index (χ0n) is 16.2. The van der Waals surface area contributed by atoms with E-state index in [0.717, 1.165) is 0 Å². The van der Waals surface area contributed by atoms with Gasteiger partial charge in [-0.05, 0) is 31.9 Å². The standard InChI is InChI=1S/C19H24N4O4/c1-6-12(7-2)23-17(25)13-9-8-10-14(15(13)18(23)26)20-21-16(11(3)24)19(27)22(4)5/h8-10,12,24H,6-7H2,1-5H3/b16-11-,21-20?. The lowest BCUT2D eigenvalue weighted by Gasteiger charge is -2.23. The Hall–Kier alpha value is -3.03. The first kappa shape index (κ1) is 20.3. The van der Waals surface area contributed by atoms with E-state index in [1.807, 2.05) is 13.8 Å². The van der Waals surface area contributed by atoms with Crippen molar-refractivity contribution in [3.63, 3.8) is 0 Å². The number of amides is 3. The normalized spacial score (nSPS) is 14.8. The Morgan fingerprint density at radius 3 is 2.33 bits per heavy atom. The summed E-state index contributed by atoms with van der Waals surface area (Å²) in [5.74, 6) is -1.57. The Morgan fingerprint density at radius 2 is 1.81 bits per heavy atom. The maximum Gasteiger partial charge on any atom is 0.277 e. The van der Waals surface area contributed by atoms with E-state index in [1.54, 1.807) is 18.2 Å². The number of nitrogens with zero attached hydrogens (tertiary/aromatic N) is 4. The lowest BCUT2D eigenvalue weighted by Crippen LogP contribution is -2.39. The highest BCUT2D eigenvalue weighted by atomic mass is 16.3. The molecule has 1 aliphatic heterocycles. The summed E-state index contributed by atoms with van der Waals surface area (Å²) >= 11 is 0. The average Bonchev–Trinajstić information content (AvgIpc) is 2.88. The number of fused-ring (bicyclic) bond motifs is 1. The van der Waals surface area contributed by atoms with E-state index in [9.17, 15) is 19.5 Å². The molecule has 8 heteroatoms. The van der Waals surface area contributed by atoms with E-state index in [0.29, 0.717) is 12.8 Å². The number of allylic oxidation sites excluding steroid dienone is 1. The van der Waals surface area contributed by atoms with Crippen molar-refractivity contribution in [2.45, 2.75) is 39.7 Å². The van der Waals surface area contributed by atoms with Crippen LogP contribution in [0.3, 0.4) is 0 Å². The second-order valence-corrected chi connectivity index (χ2v) is 6.48. The molecule has 1 N–H and O–H groups in total. The summed E-state index contributed by atoms with van der Waals surface area (Å²) in [6, 6.07) is 4.55. The lowest BCUT2D eigenvalue weighted by atomic mass is 10.1. The van der Waals surface area contributed by atoms with Crippen LogP contribution < -0.4 is 0 Å². The van der Waals surface area contributed by atoms with Crippen LogP contribution in [0, 0.1) is 0 Å². The quantitative estimate of drug-likeness (QED) is 0.357. The Balaban J connectivity index is 2.48. The molecule has 0 radical (unpaired) electrons. The molecule has 1 aromatic carbocycles. The number of hydrogen-bond donors (Lipinski definition) is 1. The van der Waals surface area contributed by atoms with E-state index in [4.69, 9.17) is 0 Å². The molecule has 1 aromatic rings. The zero-order valence-corrected chi connectivity index (χ0v) is 16.2. The van der Waals surface area contributed by atoms with Crippen LogP contribution in [0.1, 0.15) is 54.3 Å². The predicted octanol–water partition coefficient (Wildman–Crippen LogP) is 3.43. The Labute approximate surface area is 158 Å². The fraction of sp³-hybridized carbons (Fsp3) is 0.421. The van der Waals surface area contributed by atoms with Gasteiger partial charge >= 0.3 is 0 Å². The first-order chi connectivity index (χ1) is 12.7. The highest BCUT2D eigenvalue weighted by Gasteiger charge is 2.40. The highest BCUT2D eigenvalue weighted by Crippen LogP contribution is 2.34. The fourth-order valence-corrected chi connectivity index (χ4v) is 2.94. The molecule has 1 heterocycles. The summed E-state index contributed by atoms with van der Waals surface area (Å²) in [5.41, 5.74) is 0.398. The van der Waals surface area contributed by atoms with Crippen molar-refractivity contribution in [1.82, 2.24) is 9.80 Å². The number of benzene rings is 1. The first-order valence-corrected chi connectivity index (χ1v) is 8.78. The van der Waals surface area contributed by atoms with Crippen LogP contribution in [0.15, 0.2) is 39.9 Å². The summed E-state index contributed by atoms with van der Waals surface area (Å²) in [7, 11) is 3.05. The van der Waals surface area contributed by atoms with Gasteiger partial charge in [0, 0.05) is 20.1 Å². The number of imide groups is 1. The summed E-state index contributed by atoms with van der Waals surface area (Å²) in [4.78, 5) is 40.2. The van der Waals surface area contributed by atoms with Crippen LogP contribution >= 0.6 is 0 Å². The maximum absolute atomic E-state index is 12.9. The van der Waals surface area contributed by atoms with Gasteiger partial charge in [0.2, 0.25) is 0 Å². The zero-order chi connectivity index (χ0) is 20.3. The van der Waals surface area contributed by atoms with Gasteiger partial charge in [-0.15, -0.1) is 10.2 Å². The highest BCUT2D eigenvalue weighted by molar-refractivity contribution is 6.23. The van der Waals surface area contributed by atoms with Crippen LogP contribution in [0.25, 0.3) is 0 Å². The van der Waals surface area contributed by atoms with E-state index in [-0.39, 0.29) is 40.2 Å². The molecule has 1 aliphatic rings. The van der Waals surface area contributed by atoms with E-state index >= 15 is 0 Å². The summed E-state index contributed by atoms with van der Waals surface area (Å²) in [5, 5.41) is 17.6. The van der Waals surface area contributed by atoms with Crippen LogP contribution in [0.4, 0.5) is 5.69 Å². The SMILES string of the molecule is CCC(CC)N1C(=O)c2cccc(N=N/C(C(=O)N(C)C)=C(/C)O)c2C1=O. The third-order valence-electron chi connectivity index (χ3n) is 4.44. The number of aliphatic hydroxyl groups is 1. The third kappa shape index (κ3) is 3.74. The molecule has 0 bridgehead atoms. The molecule has 0 aromatic heterocycles. The smallest absolute Gasteiger partial charge is 0.277 e. The summed E-state index contributed by atoms with van der Waals surface area (Å²) < 4.78 is 0. The molecular formula is C19H24N4O4.